The Morgan fingerprint density at radius 2 is 2.23 bits per heavy atom. The number of rotatable bonds is 5. The van der Waals surface area contributed by atoms with Gasteiger partial charge in [0.05, 0.1) is 5.75 Å². The summed E-state index contributed by atoms with van der Waals surface area (Å²) in [5, 5.41) is 3.27. The summed E-state index contributed by atoms with van der Waals surface area (Å²) in [7, 11) is 0. The third kappa shape index (κ3) is 4.44. The molecule has 0 aliphatic heterocycles. The van der Waals surface area contributed by atoms with Crippen molar-refractivity contribution in [1.82, 2.24) is 4.98 Å². The Bertz CT molecular complexity index is 266. The standard InChI is InChI=1S/C10H12N2S/c1-2-8-13-9-7-12-10-3-5-11-6-4-10/h1,3-6H,7-9H2,(H,11,12). The lowest BCUT2D eigenvalue weighted by molar-refractivity contribution is 1.21. The van der Waals surface area contributed by atoms with Crippen molar-refractivity contribution in [2.75, 3.05) is 23.4 Å². The van der Waals surface area contributed by atoms with E-state index in [1.54, 1.807) is 24.2 Å². The minimum absolute atomic E-state index is 0.790. The van der Waals surface area contributed by atoms with Crippen molar-refractivity contribution in [2.45, 2.75) is 0 Å². The van der Waals surface area contributed by atoms with Crippen molar-refractivity contribution in [3.8, 4) is 12.3 Å². The summed E-state index contributed by atoms with van der Waals surface area (Å²) >= 11 is 1.76. The van der Waals surface area contributed by atoms with Gasteiger partial charge in [0.1, 0.15) is 0 Å². The van der Waals surface area contributed by atoms with Crippen LogP contribution < -0.4 is 5.32 Å². The molecule has 3 heteroatoms. The summed E-state index contributed by atoms with van der Waals surface area (Å²) in [5.41, 5.74) is 1.11. The molecule has 2 nitrogen and oxygen atoms in total. The molecule has 0 aromatic carbocycles. The highest BCUT2D eigenvalue weighted by atomic mass is 32.2. The van der Waals surface area contributed by atoms with Crippen LogP contribution in [0, 0.1) is 12.3 Å². The van der Waals surface area contributed by atoms with Crippen LogP contribution >= 0.6 is 11.8 Å². The van der Waals surface area contributed by atoms with E-state index in [0.717, 1.165) is 23.7 Å². The topological polar surface area (TPSA) is 24.9 Å². The Balaban J connectivity index is 2.11. The van der Waals surface area contributed by atoms with Crippen LogP contribution in [0.25, 0.3) is 0 Å². The lowest BCUT2D eigenvalue weighted by Crippen LogP contribution is -2.03. The zero-order valence-electron chi connectivity index (χ0n) is 7.36. The third-order valence-corrected chi connectivity index (χ3v) is 2.30. The van der Waals surface area contributed by atoms with Gasteiger partial charge in [-0.3, -0.25) is 4.98 Å². The zero-order valence-corrected chi connectivity index (χ0v) is 8.18. The Hall–Kier alpha value is -1.14. The number of terminal acetylenes is 1. The molecule has 13 heavy (non-hydrogen) atoms. The first-order valence-corrected chi connectivity index (χ1v) is 5.24. The molecule has 0 saturated carbocycles. The number of nitrogens with zero attached hydrogens (tertiary/aromatic N) is 1. The molecule has 1 rings (SSSR count). The van der Waals surface area contributed by atoms with E-state index in [-0.39, 0.29) is 0 Å². The fourth-order valence-electron chi connectivity index (χ4n) is 0.868. The summed E-state index contributed by atoms with van der Waals surface area (Å²) < 4.78 is 0. The highest BCUT2D eigenvalue weighted by molar-refractivity contribution is 7.99. The van der Waals surface area contributed by atoms with Crippen LogP contribution in [0.5, 0.6) is 0 Å². The summed E-state index contributed by atoms with van der Waals surface area (Å²) in [5.74, 6) is 4.42. The first-order chi connectivity index (χ1) is 6.43. The second-order valence-electron chi connectivity index (χ2n) is 2.42. The summed E-state index contributed by atoms with van der Waals surface area (Å²) in [4.78, 5) is 3.93. The average molecular weight is 192 g/mol. The molecule has 0 saturated heterocycles. The predicted octanol–water partition coefficient (Wildman–Crippen LogP) is 1.86. The van der Waals surface area contributed by atoms with Crippen LogP contribution in [-0.4, -0.2) is 23.0 Å². The Morgan fingerprint density at radius 1 is 1.46 bits per heavy atom. The Morgan fingerprint density at radius 3 is 2.92 bits per heavy atom. The molecule has 0 radical (unpaired) electrons. The lowest BCUT2D eigenvalue weighted by atomic mass is 10.4. The van der Waals surface area contributed by atoms with E-state index >= 15 is 0 Å². The number of anilines is 1. The van der Waals surface area contributed by atoms with E-state index in [0.29, 0.717) is 0 Å². The number of thioether (sulfide) groups is 1. The minimum Gasteiger partial charge on any atom is -0.384 e. The summed E-state index contributed by atoms with van der Waals surface area (Å²) in [6.07, 6.45) is 8.67. The van der Waals surface area contributed by atoms with Crippen LogP contribution in [0.3, 0.4) is 0 Å². The van der Waals surface area contributed by atoms with Gasteiger partial charge in [0, 0.05) is 30.4 Å². The maximum atomic E-state index is 5.12. The molecule has 0 bridgehead atoms. The van der Waals surface area contributed by atoms with E-state index < -0.39 is 0 Å². The van der Waals surface area contributed by atoms with Gasteiger partial charge in [-0.25, -0.2) is 0 Å². The van der Waals surface area contributed by atoms with E-state index in [1.165, 1.54) is 0 Å². The van der Waals surface area contributed by atoms with Crippen molar-refractivity contribution >= 4 is 17.4 Å². The second-order valence-corrected chi connectivity index (χ2v) is 3.52. The van der Waals surface area contributed by atoms with Gasteiger partial charge < -0.3 is 5.32 Å². The van der Waals surface area contributed by atoms with Gasteiger partial charge in [0.15, 0.2) is 0 Å². The first kappa shape index (κ1) is 9.94. The molecular formula is C10H12N2S. The molecule has 1 heterocycles. The summed E-state index contributed by atoms with van der Waals surface area (Å²) in [6.45, 7) is 0.941. The van der Waals surface area contributed by atoms with Crippen molar-refractivity contribution in [3.05, 3.63) is 24.5 Å². The van der Waals surface area contributed by atoms with Crippen molar-refractivity contribution in [1.29, 1.82) is 0 Å². The number of hydrogen-bond acceptors (Lipinski definition) is 3. The largest absolute Gasteiger partial charge is 0.384 e. The van der Waals surface area contributed by atoms with Crippen molar-refractivity contribution in [2.24, 2.45) is 0 Å². The predicted molar refractivity (Wildman–Crippen MR) is 58.9 cm³/mol. The SMILES string of the molecule is C#CCSCCNc1ccncc1. The van der Waals surface area contributed by atoms with Crippen LogP contribution in [-0.2, 0) is 0 Å². The van der Waals surface area contributed by atoms with Crippen LogP contribution in [0.15, 0.2) is 24.5 Å². The lowest BCUT2D eigenvalue weighted by Gasteiger charge is -2.03. The van der Waals surface area contributed by atoms with Crippen LogP contribution in [0.1, 0.15) is 0 Å². The third-order valence-electron chi connectivity index (χ3n) is 1.44. The Labute approximate surface area is 83.1 Å². The molecule has 1 aromatic rings. The van der Waals surface area contributed by atoms with Gasteiger partial charge in [-0.1, -0.05) is 5.92 Å². The van der Waals surface area contributed by atoms with E-state index in [2.05, 4.69) is 16.2 Å². The van der Waals surface area contributed by atoms with Gasteiger partial charge in [-0.15, -0.1) is 18.2 Å². The van der Waals surface area contributed by atoms with Gasteiger partial charge in [-0.2, -0.15) is 0 Å². The molecule has 0 fully saturated rings. The average Bonchev–Trinajstić information content (AvgIpc) is 2.19. The monoisotopic (exact) mass is 192 g/mol. The number of hydrogen-bond donors (Lipinski definition) is 1. The summed E-state index contributed by atoms with van der Waals surface area (Å²) in [6, 6.07) is 3.90. The second kappa shape index (κ2) is 6.38. The van der Waals surface area contributed by atoms with Gasteiger partial charge >= 0.3 is 0 Å². The molecular weight excluding hydrogens is 180 g/mol. The normalized spacial score (nSPS) is 9.15. The molecule has 0 atom stereocenters. The number of aromatic nitrogens is 1. The van der Waals surface area contributed by atoms with Crippen LogP contribution in [0.4, 0.5) is 5.69 Å². The highest BCUT2D eigenvalue weighted by Crippen LogP contribution is 2.04. The van der Waals surface area contributed by atoms with E-state index in [4.69, 9.17) is 6.42 Å². The maximum absolute atomic E-state index is 5.12. The van der Waals surface area contributed by atoms with Gasteiger partial charge in [-0.05, 0) is 12.1 Å². The van der Waals surface area contributed by atoms with E-state index in [9.17, 15) is 0 Å². The first-order valence-electron chi connectivity index (χ1n) is 4.08. The molecule has 1 aromatic heterocycles. The maximum Gasteiger partial charge on any atom is 0.0545 e. The zero-order chi connectivity index (χ0) is 9.36. The Kier molecular flexibility index (Phi) is 4.88. The number of nitrogens with one attached hydrogen (secondary N) is 1. The number of pyridine rings is 1. The van der Waals surface area contributed by atoms with Crippen molar-refractivity contribution in [3.63, 3.8) is 0 Å². The quantitative estimate of drug-likeness (QED) is 0.569. The highest BCUT2D eigenvalue weighted by Gasteiger charge is 1.89. The molecule has 0 spiro atoms. The fourth-order valence-corrected chi connectivity index (χ4v) is 1.38. The molecule has 0 amide bonds. The minimum atomic E-state index is 0.790. The van der Waals surface area contributed by atoms with Gasteiger partial charge in [0.25, 0.3) is 0 Å². The fraction of sp³-hybridized carbons (Fsp3) is 0.300. The smallest absolute Gasteiger partial charge is 0.0545 e. The van der Waals surface area contributed by atoms with Crippen LogP contribution in [0.2, 0.25) is 0 Å². The molecule has 0 aliphatic carbocycles. The molecule has 0 unspecified atom stereocenters. The van der Waals surface area contributed by atoms with E-state index in [1.807, 2.05) is 12.1 Å². The molecule has 0 aliphatic rings. The molecule has 1 N–H and O–H groups in total. The molecule has 68 valence electrons. The van der Waals surface area contributed by atoms with Crippen molar-refractivity contribution < 1.29 is 0 Å². The van der Waals surface area contributed by atoms with Gasteiger partial charge in [0.2, 0.25) is 0 Å².